The van der Waals surface area contributed by atoms with E-state index in [2.05, 4.69) is 46.2 Å². The minimum Gasteiger partial charge on any atom is -0.329 e. The first-order chi connectivity index (χ1) is 8.73. The summed E-state index contributed by atoms with van der Waals surface area (Å²) in [6.07, 6.45) is 4.16. The number of thiophene rings is 1. The molecular formula is C14H19N3S. The van der Waals surface area contributed by atoms with E-state index in [0.29, 0.717) is 0 Å². The summed E-state index contributed by atoms with van der Waals surface area (Å²) in [5, 5.41) is 5.74. The Morgan fingerprint density at radius 2 is 2.44 bits per heavy atom. The van der Waals surface area contributed by atoms with Crippen LogP contribution in [0, 0.1) is 0 Å². The van der Waals surface area contributed by atoms with Crippen LogP contribution < -0.4 is 5.32 Å². The molecule has 0 saturated heterocycles. The van der Waals surface area contributed by atoms with Gasteiger partial charge in [0.1, 0.15) is 0 Å². The highest BCUT2D eigenvalue weighted by molar-refractivity contribution is 7.09. The van der Waals surface area contributed by atoms with E-state index in [1.165, 1.54) is 16.3 Å². The lowest BCUT2D eigenvalue weighted by Gasteiger charge is -2.33. The predicted molar refractivity (Wildman–Crippen MR) is 75.0 cm³/mol. The molecule has 3 nitrogen and oxygen atoms in total. The monoisotopic (exact) mass is 261 g/mol. The highest BCUT2D eigenvalue weighted by Crippen LogP contribution is 2.30. The molecule has 96 valence electrons. The Hall–Kier alpha value is -1.13. The van der Waals surface area contributed by atoms with Crippen molar-refractivity contribution in [2.45, 2.75) is 38.8 Å². The van der Waals surface area contributed by atoms with E-state index < -0.39 is 0 Å². The van der Waals surface area contributed by atoms with E-state index in [4.69, 9.17) is 0 Å². The third-order valence-electron chi connectivity index (χ3n) is 3.96. The van der Waals surface area contributed by atoms with Crippen LogP contribution in [0.5, 0.6) is 0 Å². The van der Waals surface area contributed by atoms with Crippen molar-refractivity contribution in [1.29, 1.82) is 0 Å². The number of hydrogen-bond donors (Lipinski definition) is 1. The SMILES string of the molecule is CCC1(C)NCCc2c1ncn2Cc1cccs1. The van der Waals surface area contributed by atoms with Gasteiger partial charge in [0.25, 0.3) is 0 Å². The molecule has 3 heterocycles. The second-order valence-electron chi connectivity index (χ2n) is 5.11. The molecule has 4 heteroatoms. The number of nitrogens with zero attached hydrogens (tertiary/aromatic N) is 2. The zero-order valence-electron chi connectivity index (χ0n) is 10.9. The molecule has 0 radical (unpaired) electrons. The van der Waals surface area contributed by atoms with Gasteiger partial charge >= 0.3 is 0 Å². The van der Waals surface area contributed by atoms with Gasteiger partial charge in [0.2, 0.25) is 0 Å². The van der Waals surface area contributed by atoms with Crippen LogP contribution in [-0.4, -0.2) is 16.1 Å². The lowest BCUT2D eigenvalue weighted by molar-refractivity contribution is 0.324. The Kier molecular flexibility index (Phi) is 2.99. The molecule has 2 aromatic heterocycles. The van der Waals surface area contributed by atoms with E-state index >= 15 is 0 Å². The third-order valence-corrected chi connectivity index (χ3v) is 4.82. The molecule has 0 aromatic carbocycles. The van der Waals surface area contributed by atoms with Crippen molar-refractivity contribution >= 4 is 11.3 Å². The lowest BCUT2D eigenvalue weighted by Crippen LogP contribution is -2.45. The van der Waals surface area contributed by atoms with Gasteiger partial charge in [0, 0.05) is 23.5 Å². The molecule has 1 aliphatic rings. The number of rotatable bonds is 3. The minimum atomic E-state index is 0.0499. The van der Waals surface area contributed by atoms with Crippen LogP contribution in [0.4, 0.5) is 0 Å². The van der Waals surface area contributed by atoms with E-state index in [1.807, 2.05) is 17.7 Å². The summed E-state index contributed by atoms with van der Waals surface area (Å²) in [4.78, 5) is 6.06. The number of nitrogens with one attached hydrogen (secondary N) is 1. The fourth-order valence-corrected chi connectivity index (χ4v) is 3.37. The molecule has 1 unspecified atom stereocenters. The number of aromatic nitrogens is 2. The Morgan fingerprint density at radius 1 is 1.56 bits per heavy atom. The molecule has 0 spiro atoms. The van der Waals surface area contributed by atoms with Crippen LogP contribution in [-0.2, 0) is 18.5 Å². The van der Waals surface area contributed by atoms with Gasteiger partial charge < -0.3 is 9.88 Å². The molecule has 0 aliphatic carbocycles. The van der Waals surface area contributed by atoms with E-state index in [0.717, 1.165) is 25.9 Å². The Balaban J connectivity index is 1.95. The van der Waals surface area contributed by atoms with Crippen LogP contribution >= 0.6 is 11.3 Å². The summed E-state index contributed by atoms with van der Waals surface area (Å²) in [5.74, 6) is 0. The molecule has 0 fully saturated rings. The average Bonchev–Trinajstić information content (AvgIpc) is 3.01. The summed E-state index contributed by atoms with van der Waals surface area (Å²) in [7, 11) is 0. The molecule has 1 aliphatic heterocycles. The van der Waals surface area contributed by atoms with Gasteiger partial charge in [0.15, 0.2) is 0 Å². The fraction of sp³-hybridized carbons (Fsp3) is 0.500. The van der Waals surface area contributed by atoms with Gasteiger partial charge in [-0.05, 0) is 24.8 Å². The molecule has 18 heavy (non-hydrogen) atoms. The third kappa shape index (κ3) is 1.89. The average molecular weight is 261 g/mol. The quantitative estimate of drug-likeness (QED) is 0.920. The topological polar surface area (TPSA) is 29.9 Å². The number of hydrogen-bond acceptors (Lipinski definition) is 3. The summed E-state index contributed by atoms with van der Waals surface area (Å²) in [6.45, 7) is 6.49. The lowest BCUT2D eigenvalue weighted by atomic mass is 9.89. The van der Waals surface area contributed by atoms with E-state index in [9.17, 15) is 0 Å². The van der Waals surface area contributed by atoms with Crippen LogP contribution in [0.3, 0.4) is 0 Å². The highest BCUT2D eigenvalue weighted by Gasteiger charge is 2.33. The second kappa shape index (κ2) is 4.52. The predicted octanol–water partition coefficient (Wildman–Crippen LogP) is 2.76. The zero-order chi connectivity index (χ0) is 12.6. The largest absolute Gasteiger partial charge is 0.329 e. The first-order valence-corrected chi connectivity index (χ1v) is 7.43. The first kappa shape index (κ1) is 11.9. The van der Waals surface area contributed by atoms with Crippen molar-refractivity contribution in [3.63, 3.8) is 0 Å². The summed E-state index contributed by atoms with van der Waals surface area (Å²) in [5.41, 5.74) is 2.70. The van der Waals surface area contributed by atoms with Crippen LogP contribution in [0.1, 0.15) is 36.5 Å². The van der Waals surface area contributed by atoms with Gasteiger partial charge in [-0.1, -0.05) is 13.0 Å². The summed E-state index contributed by atoms with van der Waals surface area (Å²) < 4.78 is 2.32. The summed E-state index contributed by atoms with van der Waals surface area (Å²) in [6, 6.07) is 4.30. The molecule has 2 aromatic rings. The van der Waals surface area contributed by atoms with Crippen molar-refractivity contribution < 1.29 is 0 Å². The maximum absolute atomic E-state index is 4.67. The maximum atomic E-state index is 4.67. The van der Waals surface area contributed by atoms with Crippen molar-refractivity contribution in [2.75, 3.05) is 6.54 Å². The zero-order valence-corrected chi connectivity index (χ0v) is 11.8. The fourth-order valence-electron chi connectivity index (χ4n) is 2.67. The van der Waals surface area contributed by atoms with Gasteiger partial charge in [0.05, 0.1) is 24.1 Å². The molecule has 1 atom stereocenters. The standard InChI is InChI=1S/C14H19N3S/c1-3-14(2)13-12(6-7-16-14)17(10-15-13)9-11-5-4-8-18-11/h4-5,8,10,16H,3,6-7,9H2,1-2H3. The molecule has 3 rings (SSSR count). The van der Waals surface area contributed by atoms with Crippen molar-refractivity contribution in [1.82, 2.24) is 14.9 Å². The molecule has 0 amide bonds. The number of imidazole rings is 1. The van der Waals surface area contributed by atoms with E-state index in [1.54, 1.807) is 0 Å². The van der Waals surface area contributed by atoms with Gasteiger partial charge in [-0.25, -0.2) is 4.98 Å². The van der Waals surface area contributed by atoms with Crippen LogP contribution in [0.25, 0.3) is 0 Å². The summed E-state index contributed by atoms with van der Waals surface area (Å²) >= 11 is 1.81. The smallest absolute Gasteiger partial charge is 0.0955 e. The first-order valence-electron chi connectivity index (χ1n) is 6.55. The normalized spacial score (nSPS) is 23.0. The van der Waals surface area contributed by atoms with Crippen LogP contribution in [0.2, 0.25) is 0 Å². The van der Waals surface area contributed by atoms with Gasteiger partial charge in [-0.3, -0.25) is 0 Å². The van der Waals surface area contributed by atoms with Gasteiger partial charge in [-0.2, -0.15) is 0 Å². The minimum absolute atomic E-state index is 0.0499. The van der Waals surface area contributed by atoms with Crippen molar-refractivity contribution in [3.05, 3.63) is 40.1 Å². The molecule has 0 saturated carbocycles. The van der Waals surface area contributed by atoms with Crippen LogP contribution in [0.15, 0.2) is 23.8 Å². The Labute approximate surface area is 112 Å². The van der Waals surface area contributed by atoms with Crippen molar-refractivity contribution in [2.24, 2.45) is 0 Å². The molecule has 0 bridgehead atoms. The molecular weight excluding hydrogens is 242 g/mol. The Morgan fingerprint density at radius 3 is 3.17 bits per heavy atom. The Bertz CT molecular complexity index is 529. The van der Waals surface area contributed by atoms with E-state index in [-0.39, 0.29) is 5.54 Å². The molecule has 1 N–H and O–H groups in total. The highest BCUT2D eigenvalue weighted by atomic mass is 32.1. The number of fused-ring (bicyclic) bond motifs is 1. The second-order valence-corrected chi connectivity index (χ2v) is 6.14. The maximum Gasteiger partial charge on any atom is 0.0955 e. The van der Waals surface area contributed by atoms with Gasteiger partial charge in [-0.15, -0.1) is 11.3 Å². The van der Waals surface area contributed by atoms with Crippen molar-refractivity contribution in [3.8, 4) is 0 Å².